The van der Waals surface area contributed by atoms with E-state index < -0.39 is 27.6 Å². The number of anilines is 1. The van der Waals surface area contributed by atoms with E-state index in [1.165, 1.54) is 33.7 Å². The number of aromatic nitrogens is 1. The van der Waals surface area contributed by atoms with Gasteiger partial charge in [-0.2, -0.15) is 17.5 Å². The number of piperazine rings is 1. The first-order valence-electron chi connectivity index (χ1n) is 7.71. The van der Waals surface area contributed by atoms with Gasteiger partial charge in [0.15, 0.2) is 0 Å². The third-order valence-corrected chi connectivity index (χ3v) is 6.00. The summed E-state index contributed by atoms with van der Waals surface area (Å²) in [5.74, 6) is -0.973. The smallest absolute Gasteiger partial charge is 0.368 e. The quantitative estimate of drug-likeness (QED) is 0.758. The lowest BCUT2D eigenvalue weighted by molar-refractivity contribution is -0.137. The molecule has 2 heterocycles. The largest absolute Gasteiger partial charge is 0.418 e. The van der Waals surface area contributed by atoms with E-state index in [-0.39, 0.29) is 36.8 Å². The van der Waals surface area contributed by atoms with Crippen LogP contribution in [0.5, 0.6) is 0 Å². The molecule has 2 aromatic rings. The van der Waals surface area contributed by atoms with E-state index in [2.05, 4.69) is 4.98 Å². The molecule has 0 atom stereocenters. The lowest BCUT2D eigenvalue weighted by Crippen LogP contribution is -2.49. The molecule has 1 aliphatic heterocycles. The summed E-state index contributed by atoms with van der Waals surface area (Å²) in [7, 11) is -3.75. The van der Waals surface area contributed by atoms with Crippen LogP contribution in [0.3, 0.4) is 0 Å². The van der Waals surface area contributed by atoms with Crippen LogP contribution in [0.1, 0.15) is 5.56 Å². The second-order valence-electron chi connectivity index (χ2n) is 5.74. The van der Waals surface area contributed by atoms with E-state index in [0.717, 1.165) is 12.1 Å². The summed E-state index contributed by atoms with van der Waals surface area (Å²) in [5.41, 5.74) is -1.22. The molecule has 0 saturated carbocycles. The maximum absolute atomic E-state index is 13.2. The van der Waals surface area contributed by atoms with Gasteiger partial charge in [0, 0.05) is 44.3 Å². The third-order valence-electron chi connectivity index (χ3n) is 4.12. The van der Waals surface area contributed by atoms with Crippen LogP contribution in [0.4, 0.5) is 23.2 Å². The second kappa shape index (κ2) is 6.84. The maximum Gasteiger partial charge on any atom is 0.418 e. The van der Waals surface area contributed by atoms with Crippen LogP contribution in [-0.2, 0) is 16.2 Å². The SMILES string of the molecule is O=S(=O)(c1cccnc1)N1CCN(c2ccc(F)cc2C(F)(F)F)CC1. The summed E-state index contributed by atoms with van der Waals surface area (Å²) in [6.45, 7) is 0.167. The minimum Gasteiger partial charge on any atom is -0.368 e. The summed E-state index contributed by atoms with van der Waals surface area (Å²) in [5, 5.41) is 0. The molecule has 0 radical (unpaired) electrons. The molecule has 1 aliphatic rings. The summed E-state index contributed by atoms with van der Waals surface area (Å²) < 4.78 is 79.0. The van der Waals surface area contributed by atoms with E-state index in [9.17, 15) is 26.0 Å². The number of nitrogens with zero attached hydrogens (tertiary/aromatic N) is 3. The topological polar surface area (TPSA) is 53.5 Å². The van der Waals surface area contributed by atoms with Crippen molar-refractivity contribution >= 4 is 15.7 Å². The van der Waals surface area contributed by atoms with Crippen LogP contribution in [0, 0.1) is 5.82 Å². The molecule has 1 aromatic carbocycles. The molecular weight excluding hydrogens is 374 g/mol. The first-order valence-corrected chi connectivity index (χ1v) is 9.15. The second-order valence-corrected chi connectivity index (χ2v) is 7.68. The van der Waals surface area contributed by atoms with Gasteiger partial charge in [0.05, 0.1) is 5.56 Å². The van der Waals surface area contributed by atoms with Crippen molar-refractivity contribution in [2.45, 2.75) is 11.1 Å². The molecule has 0 aliphatic carbocycles. The van der Waals surface area contributed by atoms with Crippen molar-refractivity contribution in [1.82, 2.24) is 9.29 Å². The highest BCUT2D eigenvalue weighted by molar-refractivity contribution is 7.89. The van der Waals surface area contributed by atoms with Gasteiger partial charge in [0.25, 0.3) is 0 Å². The van der Waals surface area contributed by atoms with Crippen LogP contribution in [-0.4, -0.2) is 43.9 Å². The van der Waals surface area contributed by atoms with Gasteiger partial charge in [-0.05, 0) is 30.3 Å². The van der Waals surface area contributed by atoms with Crippen molar-refractivity contribution in [3.05, 3.63) is 54.1 Å². The summed E-state index contributed by atoms with van der Waals surface area (Å²) in [6.07, 6.45) is -2.02. The monoisotopic (exact) mass is 389 g/mol. The first kappa shape index (κ1) is 18.6. The predicted octanol–water partition coefficient (Wildman–Crippen LogP) is 2.75. The van der Waals surface area contributed by atoms with E-state index in [1.54, 1.807) is 0 Å². The number of hydrogen-bond acceptors (Lipinski definition) is 4. The molecule has 3 rings (SSSR count). The highest BCUT2D eigenvalue weighted by Gasteiger charge is 2.37. The van der Waals surface area contributed by atoms with Gasteiger partial charge in [-0.3, -0.25) is 4.98 Å². The van der Waals surface area contributed by atoms with Crippen molar-refractivity contribution in [3.63, 3.8) is 0 Å². The van der Waals surface area contributed by atoms with Crippen LogP contribution in [0.2, 0.25) is 0 Å². The number of benzene rings is 1. The predicted molar refractivity (Wildman–Crippen MR) is 86.6 cm³/mol. The molecule has 10 heteroatoms. The molecule has 0 unspecified atom stereocenters. The zero-order valence-electron chi connectivity index (χ0n) is 13.4. The number of alkyl halides is 3. The van der Waals surface area contributed by atoms with Crippen LogP contribution >= 0.6 is 0 Å². The Balaban J connectivity index is 1.80. The molecule has 140 valence electrons. The molecule has 26 heavy (non-hydrogen) atoms. The van der Waals surface area contributed by atoms with Gasteiger partial charge in [-0.15, -0.1) is 0 Å². The molecule has 0 spiro atoms. The number of pyridine rings is 1. The number of rotatable bonds is 3. The molecule has 1 saturated heterocycles. The van der Waals surface area contributed by atoms with Crippen molar-refractivity contribution < 1.29 is 26.0 Å². The minimum atomic E-state index is -4.70. The Labute approximate surface area is 147 Å². The summed E-state index contributed by atoms with van der Waals surface area (Å²) >= 11 is 0. The van der Waals surface area contributed by atoms with E-state index in [4.69, 9.17) is 0 Å². The Morgan fingerprint density at radius 1 is 1.04 bits per heavy atom. The molecule has 5 nitrogen and oxygen atoms in total. The van der Waals surface area contributed by atoms with Crippen molar-refractivity contribution in [1.29, 1.82) is 0 Å². The molecule has 0 amide bonds. The zero-order chi connectivity index (χ0) is 18.9. The Morgan fingerprint density at radius 2 is 1.73 bits per heavy atom. The summed E-state index contributed by atoms with van der Waals surface area (Å²) in [6, 6.07) is 5.40. The molecule has 1 aromatic heterocycles. The fraction of sp³-hybridized carbons (Fsp3) is 0.312. The Kier molecular flexibility index (Phi) is 4.89. The number of sulfonamides is 1. The normalized spacial score (nSPS) is 16.7. The number of hydrogen-bond donors (Lipinski definition) is 0. The van der Waals surface area contributed by atoms with E-state index in [1.807, 2.05) is 0 Å². The van der Waals surface area contributed by atoms with Gasteiger partial charge in [-0.25, -0.2) is 12.8 Å². The molecule has 0 N–H and O–H groups in total. The number of halogens is 4. The molecule has 0 bridgehead atoms. The van der Waals surface area contributed by atoms with Crippen molar-refractivity contribution in [2.75, 3.05) is 31.1 Å². The summed E-state index contributed by atoms with van der Waals surface area (Å²) in [4.78, 5) is 5.23. The lowest BCUT2D eigenvalue weighted by atomic mass is 10.1. The van der Waals surface area contributed by atoms with Gasteiger partial charge in [0.1, 0.15) is 10.7 Å². The Morgan fingerprint density at radius 3 is 2.31 bits per heavy atom. The first-order chi connectivity index (χ1) is 12.2. The fourth-order valence-electron chi connectivity index (χ4n) is 2.83. The highest BCUT2D eigenvalue weighted by Crippen LogP contribution is 2.37. The lowest BCUT2D eigenvalue weighted by Gasteiger charge is -2.36. The average molecular weight is 389 g/mol. The molecule has 1 fully saturated rings. The average Bonchev–Trinajstić information content (AvgIpc) is 2.62. The minimum absolute atomic E-state index is 0.0197. The van der Waals surface area contributed by atoms with Crippen molar-refractivity contribution in [3.8, 4) is 0 Å². The van der Waals surface area contributed by atoms with Crippen LogP contribution in [0.25, 0.3) is 0 Å². The Hall–Kier alpha value is -2.20. The third kappa shape index (κ3) is 3.65. The standard InChI is InChI=1S/C16H15F4N3O2S/c17-12-3-4-15(14(10-12)16(18,19)20)22-6-8-23(9-7-22)26(24,25)13-2-1-5-21-11-13/h1-5,10-11H,6-9H2. The van der Waals surface area contributed by atoms with Crippen LogP contribution in [0.15, 0.2) is 47.6 Å². The van der Waals surface area contributed by atoms with Gasteiger partial charge >= 0.3 is 6.18 Å². The van der Waals surface area contributed by atoms with E-state index >= 15 is 0 Å². The molecular formula is C16H15F4N3O2S. The van der Waals surface area contributed by atoms with Crippen LogP contribution < -0.4 is 4.90 Å². The van der Waals surface area contributed by atoms with Gasteiger partial charge < -0.3 is 4.90 Å². The highest BCUT2D eigenvalue weighted by atomic mass is 32.2. The maximum atomic E-state index is 13.2. The fourth-order valence-corrected chi connectivity index (χ4v) is 4.22. The van der Waals surface area contributed by atoms with Crippen molar-refractivity contribution in [2.24, 2.45) is 0 Å². The van der Waals surface area contributed by atoms with Gasteiger partial charge in [0.2, 0.25) is 10.0 Å². The van der Waals surface area contributed by atoms with E-state index in [0.29, 0.717) is 6.07 Å². The Bertz CT molecular complexity index is 880. The van der Waals surface area contributed by atoms with Gasteiger partial charge in [-0.1, -0.05) is 0 Å². The zero-order valence-corrected chi connectivity index (χ0v) is 14.3.